The molecule has 0 N–H and O–H groups in total. The van der Waals surface area contributed by atoms with Crippen molar-refractivity contribution in [3.05, 3.63) is 0 Å². The highest BCUT2D eigenvalue weighted by Crippen LogP contribution is 2.34. The van der Waals surface area contributed by atoms with Crippen LogP contribution in [0.15, 0.2) is 0 Å². The second-order valence-corrected chi connectivity index (χ2v) is 6.67. The van der Waals surface area contributed by atoms with Gasteiger partial charge in [-0.3, -0.25) is 0 Å². The Kier molecular flexibility index (Phi) is 3.58. The number of hydrogen-bond acceptors (Lipinski definition) is 3. The molecule has 0 aromatic heterocycles. The first-order valence-electron chi connectivity index (χ1n) is 5.72. The van der Waals surface area contributed by atoms with Crippen LogP contribution in [0.2, 0.25) is 0 Å². The highest BCUT2D eigenvalue weighted by molar-refractivity contribution is 8.23. The van der Waals surface area contributed by atoms with E-state index in [1.807, 2.05) is 11.8 Å². The van der Waals surface area contributed by atoms with E-state index in [-0.39, 0.29) is 5.72 Å². The van der Waals surface area contributed by atoms with Crippen LogP contribution in [0, 0.1) is 0 Å². The van der Waals surface area contributed by atoms with E-state index in [9.17, 15) is 0 Å². The fraction of sp³-hybridized carbons (Fsp3) is 0.909. The molecule has 0 unspecified atom stereocenters. The minimum atomic E-state index is -0.192. The Hall–Kier alpha value is 0.200. The van der Waals surface area contributed by atoms with Gasteiger partial charge < -0.3 is 9.64 Å². The largest absolute Gasteiger partial charge is 0.354 e. The van der Waals surface area contributed by atoms with Gasteiger partial charge in [-0.25, -0.2) is 0 Å². The predicted molar refractivity (Wildman–Crippen MR) is 69.2 cm³/mol. The smallest absolute Gasteiger partial charge is 0.138 e. The molecular weight excluding hydrogens is 226 g/mol. The van der Waals surface area contributed by atoms with Crippen LogP contribution in [0.25, 0.3) is 0 Å². The maximum Gasteiger partial charge on any atom is 0.138 e. The van der Waals surface area contributed by atoms with E-state index in [0.717, 1.165) is 22.7 Å². The second kappa shape index (κ2) is 4.60. The summed E-state index contributed by atoms with van der Waals surface area (Å²) in [6.45, 7) is 5.95. The molecule has 1 heterocycles. The highest BCUT2D eigenvalue weighted by atomic mass is 32.2. The van der Waals surface area contributed by atoms with Crippen molar-refractivity contribution in [1.82, 2.24) is 4.90 Å². The minimum Gasteiger partial charge on any atom is -0.354 e. The number of ether oxygens (including phenoxy) is 1. The molecule has 0 atom stereocenters. The van der Waals surface area contributed by atoms with Crippen LogP contribution in [-0.4, -0.2) is 33.3 Å². The zero-order valence-corrected chi connectivity index (χ0v) is 11.1. The fourth-order valence-corrected chi connectivity index (χ4v) is 4.27. The third-order valence-corrected chi connectivity index (χ3v) is 4.95. The van der Waals surface area contributed by atoms with Gasteiger partial charge in [-0.05, 0) is 26.7 Å². The predicted octanol–water partition coefficient (Wildman–Crippen LogP) is 3.02. The first-order chi connectivity index (χ1) is 7.09. The van der Waals surface area contributed by atoms with Gasteiger partial charge in [0.2, 0.25) is 0 Å². The lowest BCUT2D eigenvalue weighted by Crippen LogP contribution is -2.41. The summed E-state index contributed by atoms with van der Waals surface area (Å²) in [5, 5.41) is 0.758. The van der Waals surface area contributed by atoms with E-state index in [2.05, 4.69) is 18.7 Å². The summed E-state index contributed by atoms with van der Waals surface area (Å²) < 4.78 is 6.70. The Labute approximate surface area is 102 Å². The summed E-state index contributed by atoms with van der Waals surface area (Å²) >= 11 is 7.39. The van der Waals surface area contributed by atoms with E-state index in [4.69, 9.17) is 17.0 Å². The Morgan fingerprint density at radius 2 is 2.07 bits per heavy atom. The molecule has 0 bridgehead atoms. The van der Waals surface area contributed by atoms with Crippen LogP contribution in [0.5, 0.6) is 0 Å². The molecule has 2 nitrogen and oxygen atoms in total. The van der Waals surface area contributed by atoms with Crippen LogP contribution in [0.3, 0.4) is 0 Å². The van der Waals surface area contributed by atoms with Crippen LogP contribution in [0.1, 0.15) is 39.5 Å². The molecule has 0 aromatic rings. The Balaban J connectivity index is 1.89. The molecule has 15 heavy (non-hydrogen) atoms. The quantitative estimate of drug-likeness (QED) is 0.658. The molecule has 2 aliphatic rings. The Morgan fingerprint density at radius 3 is 2.60 bits per heavy atom. The van der Waals surface area contributed by atoms with Crippen molar-refractivity contribution in [2.45, 2.75) is 50.5 Å². The van der Waals surface area contributed by atoms with Crippen molar-refractivity contribution in [1.29, 1.82) is 0 Å². The zero-order valence-electron chi connectivity index (χ0n) is 9.49. The second-order valence-electron chi connectivity index (χ2n) is 4.74. The lowest BCUT2D eigenvalue weighted by molar-refractivity contribution is -0.0187. The van der Waals surface area contributed by atoms with E-state index in [1.54, 1.807) is 0 Å². The molecule has 4 heteroatoms. The van der Waals surface area contributed by atoms with Gasteiger partial charge in [0.1, 0.15) is 10.0 Å². The van der Waals surface area contributed by atoms with Gasteiger partial charge in [0.25, 0.3) is 0 Å². The van der Waals surface area contributed by atoms with Crippen molar-refractivity contribution in [2.75, 3.05) is 13.2 Å². The number of thioether (sulfide) groups is 1. The van der Waals surface area contributed by atoms with Gasteiger partial charge in [-0.15, -0.1) is 0 Å². The summed E-state index contributed by atoms with van der Waals surface area (Å²) in [4.78, 5) is 2.23. The average molecular weight is 245 g/mol. The number of rotatable bonds is 1. The van der Waals surface area contributed by atoms with Gasteiger partial charge in [-0.2, -0.15) is 0 Å². The SMILES string of the molecule is CC1(C)OCCN1C(=S)SC1CCCC1. The molecular formula is C11H19NOS2. The fourth-order valence-electron chi connectivity index (χ4n) is 2.26. The number of thiocarbonyl (C=S) groups is 1. The lowest BCUT2D eigenvalue weighted by Gasteiger charge is -2.32. The topological polar surface area (TPSA) is 12.5 Å². The van der Waals surface area contributed by atoms with Gasteiger partial charge in [0.05, 0.1) is 6.61 Å². The normalized spacial score (nSPS) is 26.1. The van der Waals surface area contributed by atoms with E-state index >= 15 is 0 Å². The van der Waals surface area contributed by atoms with Gasteiger partial charge in [-0.1, -0.05) is 36.8 Å². The standard InChI is InChI=1S/C11H19NOS2/c1-11(2)12(7-8-13-11)10(14)15-9-5-3-4-6-9/h9H,3-8H2,1-2H3. The van der Waals surface area contributed by atoms with Gasteiger partial charge in [0.15, 0.2) is 0 Å². The highest BCUT2D eigenvalue weighted by Gasteiger charge is 2.35. The van der Waals surface area contributed by atoms with E-state index in [1.165, 1.54) is 25.7 Å². The Bertz CT molecular complexity index is 249. The summed E-state index contributed by atoms with van der Waals surface area (Å²) in [6.07, 6.45) is 5.42. The first kappa shape index (κ1) is 11.7. The Morgan fingerprint density at radius 1 is 1.40 bits per heavy atom. The minimum absolute atomic E-state index is 0.192. The van der Waals surface area contributed by atoms with Gasteiger partial charge >= 0.3 is 0 Å². The van der Waals surface area contributed by atoms with Crippen molar-refractivity contribution < 1.29 is 4.74 Å². The molecule has 0 aromatic carbocycles. The number of nitrogens with zero attached hydrogens (tertiary/aromatic N) is 1. The van der Waals surface area contributed by atoms with Crippen LogP contribution >= 0.6 is 24.0 Å². The lowest BCUT2D eigenvalue weighted by atomic mass is 10.3. The molecule has 0 spiro atoms. The van der Waals surface area contributed by atoms with Crippen molar-refractivity contribution >= 4 is 28.3 Å². The monoisotopic (exact) mass is 245 g/mol. The average Bonchev–Trinajstić information content (AvgIpc) is 2.73. The molecule has 1 aliphatic heterocycles. The van der Waals surface area contributed by atoms with E-state index in [0.29, 0.717) is 0 Å². The molecule has 1 aliphatic carbocycles. The third-order valence-electron chi connectivity index (χ3n) is 3.21. The maximum absolute atomic E-state index is 5.66. The molecule has 0 radical (unpaired) electrons. The van der Waals surface area contributed by atoms with Crippen molar-refractivity contribution in [3.8, 4) is 0 Å². The van der Waals surface area contributed by atoms with Crippen LogP contribution in [-0.2, 0) is 4.74 Å². The molecule has 86 valence electrons. The molecule has 0 amide bonds. The summed E-state index contributed by atoms with van der Waals surface area (Å²) in [5.41, 5.74) is -0.192. The van der Waals surface area contributed by atoms with Crippen LogP contribution < -0.4 is 0 Å². The summed E-state index contributed by atoms with van der Waals surface area (Å²) in [6, 6.07) is 0. The molecule has 2 rings (SSSR count). The summed E-state index contributed by atoms with van der Waals surface area (Å²) in [5.74, 6) is 0. The molecule has 2 fully saturated rings. The maximum atomic E-state index is 5.66. The van der Waals surface area contributed by atoms with Crippen molar-refractivity contribution in [3.63, 3.8) is 0 Å². The summed E-state index contributed by atoms with van der Waals surface area (Å²) in [7, 11) is 0. The zero-order chi connectivity index (χ0) is 10.9. The van der Waals surface area contributed by atoms with Crippen molar-refractivity contribution in [2.24, 2.45) is 0 Å². The van der Waals surface area contributed by atoms with Gasteiger partial charge in [0, 0.05) is 11.8 Å². The van der Waals surface area contributed by atoms with E-state index < -0.39 is 0 Å². The molecule has 1 saturated carbocycles. The first-order valence-corrected chi connectivity index (χ1v) is 7.00. The third kappa shape index (κ3) is 2.66. The molecule has 1 saturated heterocycles. The number of hydrogen-bond donors (Lipinski definition) is 0. The van der Waals surface area contributed by atoms with Crippen LogP contribution in [0.4, 0.5) is 0 Å².